The van der Waals surface area contributed by atoms with E-state index in [4.69, 9.17) is 0 Å². The molecule has 0 amide bonds. The Morgan fingerprint density at radius 1 is 1.17 bits per heavy atom. The van der Waals surface area contributed by atoms with E-state index < -0.39 is 0 Å². The highest BCUT2D eigenvalue weighted by molar-refractivity contribution is 9.10. The Hall–Kier alpha value is -1.48. The molecule has 1 aromatic carbocycles. The average molecular weight is 305 g/mol. The molecule has 0 N–H and O–H groups in total. The van der Waals surface area contributed by atoms with Crippen LogP contribution in [0, 0.1) is 13.8 Å². The van der Waals surface area contributed by atoms with Gasteiger partial charge in [-0.2, -0.15) is 4.57 Å². The smallest absolute Gasteiger partial charge is 0.248 e. The van der Waals surface area contributed by atoms with Gasteiger partial charge in [-0.1, -0.05) is 12.1 Å². The second-order valence-corrected chi connectivity index (χ2v) is 5.19. The van der Waals surface area contributed by atoms with Gasteiger partial charge < -0.3 is 0 Å². The lowest BCUT2D eigenvalue weighted by atomic mass is 10.0. The predicted octanol–water partition coefficient (Wildman–Crippen LogP) is 3.24. The number of rotatable bonds is 3. The van der Waals surface area contributed by atoms with E-state index in [-0.39, 0.29) is 5.78 Å². The minimum atomic E-state index is 0.120. The number of pyridine rings is 1. The Morgan fingerprint density at radius 2 is 1.94 bits per heavy atom. The number of ketones is 1. The molecule has 0 aliphatic rings. The summed E-state index contributed by atoms with van der Waals surface area (Å²) in [6.07, 6.45) is 1.89. The second-order valence-electron chi connectivity index (χ2n) is 4.37. The van der Waals surface area contributed by atoms with Gasteiger partial charge in [0.1, 0.15) is 0 Å². The van der Waals surface area contributed by atoms with Gasteiger partial charge in [0.15, 0.2) is 6.20 Å². The van der Waals surface area contributed by atoms with Crippen molar-refractivity contribution < 1.29 is 9.36 Å². The van der Waals surface area contributed by atoms with E-state index in [0.29, 0.717) is 6.54 Å². The van der Waals surface area contributed by atoms with E-state index in [2.05, 4.69) is 15.9 Å². The first-order chi connectivity index (χ1) is 8.58. The summed E-state index contributed by atoms with van der Waals surface area (Å²) in [5.74, 6) is 0.120. The van der Waals surface area contributed by atoms with E-state index in [9.17, 15) is 4.79 Å². The molecule has 3 heteroatoms. The summed E-state index contributed by atoms with van der Waals surface area (Å²) in [6, 6.07) is 11.6. The Balaban J connectivity index is 2.22. The van der Waals surface area contributed by atoms with Gasteiger partial charge in [-0.3, -0.25) is 4.79 Å². The van der Waals surface area contributed by atoms with Crippen LogP contribution >= 0.6 is 15.9 Å². The molecule has 0 fully saturated rings. The van der Waals surface area contributed by atoms with Crippen molar-refractivity contribution in [1.82, 2.24) is 0 Å². The number of benzene rings is 1. The molecular formula is C15H15BrNO+. The number of nitrogens with zero attached hydrogens (tertiary/aromatic N) is 1. The van der Waals surface area contributed by atoms with Crippen LogP contribution in [0.3, 0.4) is 0 Å². The third-order valence-electron chi connectivity index (χ3n) is 3.03. The van der Waals surface area contributed by atoms with Crippen molar-refractivity contribution in [2.75, 3.05) is 0 Å². The number of Topliss-reactive ketones (excluding diaryl/α,β-unsaturated/α-hetero) is 1. The van der Waals surface area contributed by atoms with Gasteiger partial charge in [0, 0.05) is 33.6 Å². The minimum absolute atomic E-state index is 0.120. The van der Waals surface area contributed by atoms with Crippen LogP contribution in [-0.4, -0.2) is 5.78 Å². The maximum Gasteiger partial charge on any atom is 0.248 e. The highest BCUT2D eigenvalue weighted by Crippen LogP contribution is 2.11. The molecule has 0 spiro atoms. The molecule has 0 aliphatic carbocycles. The van der Waals surface area contributed by atoms with Gasteiger partial charge in [0.25, 0.3) is 0 Å². The standard InChI is InChI=1S/C15H15BrNO/c1-11-6-7-13(9-12(11)2)14(18)10-17-8-4-3-5-15(17)16/h3-9H,10H2,1-2H3/q+1. The number of aryl methyl sites for hydroxylation is 2. The van der Waals surface area contributed by atoms with Gasteiger partial charge in [0.05, 0.1) is 0 Å². The Labute approximate surface area is 115 Å². The van der Waals surface area contributed by atoms with E-state index in [1.807, 2.05) is 61.0 Å². The zero-order valence-electron chi connectivity index (χ0n) is 10.5. The molecule has 0 saturated heterocycles. The zero-order chi connectivity index (χ0) is 13.1. The van der Waals surface area contributed by atoms with Gasteiger partial charge in [-0.15, -0.1) is 0 Å². The third kappa shape index (κ3) is 2.85. The average Bonchev–Trinajstić information content (AvgIpc) is 2.35. The van der Waals surface area contributed by atoms with Gasteiger partial charge in [0.2, 0.25) is 16.9 Å². The van der Waals surface area contributed by atoms with Crippen molar-refractivity contribution in [3.63, 3.8) is 0 Å². The number of hydrogen-bond donors (Lipinski definition) is 0. The predicted molar refractivity (Wildman–Crippen MR) is 74.6 cm³/mol. The molecule has 0 saturated carbocycles. The molecule has 0 aliphatic heterocycles. The maximum atomic E-state index is 12.2. The fraction of sp³-hybridized carbons (Fsp3) is 0.200. The number of hydrogen-bond acceptors (Lipinski definition) is 1. The lowest BCUT2D eigenvalue weighted by Crippen LogP contribution is -2.38. The van der Waals surface area contributed by atoms with Crippen molar-refractivity contribution in [3.05, 3.63) is 63.9 Å². The molecule has 18 heavy (non-hydrogen) atoms. The van der Waals surface area contributed by atoms with Crippen LogP contribution in [0.4, 0.5) is 0 Å². The highest BCUT2D eigenvalue weighted by atomic mass is 79.9. The van der Waals surface area contributed by atoms with Gasteiger partial charge in [-0.25, -0.2) is 0 Å². The first kappa shape index (κ1) is 13.0. The summed E-state index contributed by atoms with van der Waals surface area (Å²) in [6.45, 7) is 4.42. The zero-order valence-corrected chi connectivity index (χ0v) is 12.1. The van der Waals surface area contributed by atoms with Crippen LogP contribution in [0.5, 0.6) is 0 Å². The summed E-state index contributed by atoms with van der Waals surface area (Å²) >= 11 is 3.43. The Bertz CT molecular complexity index is 593. The van der Waals surface area contributed by atoms with Crippen molar-refractivity contribution in [3.8, 4) is 0 Å². The van der Waals surface area contributed by atoms with E-state index >= 15 is 0 Å². The SMILES string of the molecule is Cc1ccc(C(=O)C[n+]2ccccc2Br)cc1C. The van der Waals surface area contributed by atoms with Crippen LogP contribution in [-0.2, 0) is 6.54 Å². The molecule has 1 heterocycles. The summed E-state index contributed by atoms with van der Waals surface area (Å²) in [7, 11) is 0. The van der Waals surface area contributed by atoms with Crippen molar-refractivity contribution in [2.24, 2.45) is 0 Å². The molecule has 0 bridgehead atoms. The first-order valence-corrected chi connectivity index (χ1v) is 6.61. The van der Waals surface area contributed by atoms with Crippen molar-refractivity contribution >= 4 is 21.7 Å². The van der Waals surface area contributed by atoms with Crippen LogP contribution in [0.2, 0.25) is 0 Å². The van der Waals surface area contributed by atoms with Crippen LogP contribution < -0.4 is 4.57 Å². The first-order valence-electron chi connectivity index (χ1n) is 5.82. The quantitative estimate of drug-likeness (QED) is 0.484. The number of aromatic nitrogens is 1. The molecule has 2 rings (SSSR count). The molecule has 1 aromatic heterocycles. The molecule has 2 aromatic rings. The van der Waals surface area contributed by atoms with E-state index in [1.54, 1.807) is 0 Å². The van der Waals surface area contributed by atoms with E-state index in [0.717, 1.165) is 15.7 Å². The van der Waals surface area contributed by atoms with Gasteiger partial charge >= 0.3 is 0 Å². The minimum Gasteiger partial charge on any atom is -0.287 e. The summed E-state index contributed by atoms with van der Waals surface area (Å²) in [5, 5.41) is 0. The maximum absolute atomic E-state index is 12.2. The van der Waals surface area contributed by atoms with E-state index in [1.165, 1.54) is 5.56 Å². The largest absolute Gasteiger partial charge is 0.287 e. The Morgan fingerprint density at radius 3 is 2.61 bits per heavy atom. The molecule has 0 atom stereocenters. The number of carbonyl (C=O) groups excluding carboxylic acids is 1. The topological polar surface area (TPSA) is 20.9 Å². The van der Waals surface area contributed by atoms with Crippen LogP contribution in [0.1, 0.15) is 21.5 Å². The molecule has 0 radical (unpaired) electrons. The van der Waals surface area contributed by atoms with Gasteiger partial charge in [-0.05, 0) is 37.1 Å². The molecule has 2 nitrogen and oxygen atoms in total. The lowest BCUT2D eigenvalue weighted by molar-refractivity contribution is -0.694. The highest BCUT2D eigenvalue weighted by Gasteiger charge is 2.14. The number of halogens is 1. The third-order valence-corrected chi connectivity index (χ3v) is 3.75. The molecule has 0 unspecified atom stereocenters. The van der Waals surface area contributed by atoms with Crippen molar-refractivity contribution in [1.29, 1.82) is 0 Å². The molecular weight excluding hydrogens is 290 g/mol. The lowest BCUT2D eigenvalue weighted by Gasteiger charge is -2.03. The summed E-state index contributed by atoms with van der Waals surface area (Å²) < 4.78 is 2.79. The Kier molecular flexibility index (Phi) is 3.92. The van der Waals surface area contributed by atoms with Crippen molar-refractivity contribution in [2.45, 2.75) is 20.4 Å². The summed E-state index contributed by atoms with van der Waals surface area (Å²) in [5.41, 5.74) is 3.12. The fourth-order valence-electron chi connectivity index (χ4n) is 1.74. The second kappa shape index (κ2) is 5.44. The normalized spacial score (nSPS) is 10.4. The molecule has 92 valence electrons. The van der Waals surface area contributed by atoms with Crippen LogP contribution in [0.25, 0.3) is 0 Å². The van der Waals surface area contributed by atoms with Crippen LogP contribution in [0.15, 0.2) is 47.2 Å². The monoisotopic (exact) mass is 304 g/mol. The fourth-order valence-corrected chi connectivity index (χ4v) is 2.14. The summed E-state index contributed by atoms with van der Waals surface area (Å²) in [4.78, 5) is 12.2. The number of carbonyl (C=O) groups is 1.